The molecule has 0 saturated heterocycles. The monoisotopic (exact) mass is 246 g/mol. The molecule has 2 aromatic carbocycles. The van der Waals surface area contributed by atoms with Crippen molar-refractivity contribution in [3.05, 3.63) is 72.2 Å². The van der Waals surface area contributed by atoms with Crippen molar-refractivity contribution in [3.8, 4) is 0 Å². The van der Waals surface area contributed by atoms with Crippen LogP contribution in [0.5, 0.6) is 0 Å². The zero-order chi connectivity index (χ0) is 12.7. The second-order valence-electron chi connectivity index (χ2n) is 4.91. The van der Waals surface area contributed by atoms with E-state index in [0.29, 0.717) is 0 Å². The molecule has 0 amide bonds. The Kier molecular flexibility index (Phi) is 2.21. The van der Waals surface area contributed by atoms with Gasteiger partial charge in [-0.2, -0.15) is 0 Å². The maximum Gasteiger partial charge on any atom is 0.0456 e. The third-order valence-electron chi connectivity index (χ3n) is 3.64. The minimum Gasteiger partial charge on any atom is -0.364 e. The summed E-state index contributed by atoms with van der Waals surface area (Å²) >= 11 is 0. The highest BCUT2D eigenvalue weighted by Crippen LogP contribution is 2.22. The van der Waals surface area contributed by atoms with Crippen LogP contribution in [-0.2, 0) is 6.42 Å². The molecule has 0 bridgehead atoms. The number of nitrogens with one attached hydrogen (secondary N) is 2. The van der Waals surface area contributed by atoms with E-state index in [4.69, 9.17) is 0 Å². The van der Waals surface area contributed by atoms with Crippen molar-refractivity contribution in [2.45, 2.75) is 6.42 Å². The van der Waals surface area contributed by atoms with Crippen LogP contribution in [0.25, 0.3) is 21.7 Å². The molecule has 2 nitrogen and oxygen atoms in total. The van der Waals surface area contributed by atoms with E-state index in [9.17, 15) is 0 Å². The van der Waals surface area contributed by atoms with Crippen molar-refractivity contribution in [3.63, 3.8) is 0 Å². The van der Waals surface area contributed by atoms with Crippen LogP contribution in [0.2, 0.25) is 0 Å². The van der Waals surface area contributed by atoms with E-state index in [-0.39, 0.29) is 0 Å². The van der Waals surface area contributed by atoms with Gasteiger partial charge in [0.15, 0.2) is 0 Å². The maximum atomic E-state index is 3.48. The Morgan fingerprint density at radius 2 is 1.63 bits per heavy atom. The number of H-pyrrole nitrogens is 2. The van der Waals surface area contributed by atoms with E-state index in [1.165, 1.54) is 33.1 Å². The van der Waals surface area contributed by atoms with Crippen molar-refractivity contribution in [2.75, 3.05) is 0 Å². The molecule has 2 heteroatoms. The number of aromatic amines is 2. The van der Waals surface area contributed by atoms with Crippen LogP contribution >= 0.6 is 0 Å². The molecule has 2 N–H and O–H groups in total. The van der Waals surface area contributed by atoms with E-state index >= 15 is 0 Å². The first-order valence-electron chi connectivity index (χ1n) is 6.52. The summed E-state index contributed by atoms with van der Waals surface area (Å²) in [4.78, 5) is 6.87. The van der Waals surface area contributed by atoms with Gasteiger partial charge in [0.25, 0.3) is 0 Å². The van der Waals surface area contributed by atoms with Crippen LogP contribution in [0.4, 0.5) is 0 Å². The number of hydrogen-bond acceptors (Lipinski definition) is 0. The van der Waals surface area contributed by atoms with Gasteiger partial charge in [0.1, 0.15) is 0 Å². The van der Waals surface area contributed by atoms with Crippen LogP contribution in [-0.4, -0.2) is 9.97 Å². The van der Waals surface area contributed by atoms with E-state index in [1.54, 1.807) is 0 Å². The Morgan fingerprint density at radius 3 is 2.53 bits per heavy atom. The molecule has 2 aromatic heterocycles. The average molecular weight is 246 g/mol. The Hall–Kier alpha value is -2.48. The van der Waals surface area contributed by atoms with Crippen LogP contribution in [0.3, 0.4) is 0 Å². The minimum atomic E-state index is 0.905. The topological polar surface area (TPSA) is 31.6 Å². The highest BCUT2D eigenvalue weighted by molar-refractivity contribution is 5.86. The summed E-state index contributed by atoms with van der Waals surface area (Å²) in [5.74, 6) is 0. The third kappa shape index (κ3) is 1.73. The fourth-order valence-electron chi connectivity index (χ4n) is 2.71. The van der Waals surface area contributed by atoms with Gasteiger partial charge >= 0.3 is 0 Å². The molecule has 0 aliphatic heterocycles. The molecule has 0 radical (unpaired) electrons. The van der Waals surface area contributed by atoms with Gasteiger partial charge in [-0.05, 0) is 22.9 Å². The summed E-state index contributed by atoms with van der Waals surface area (Å²) in [6, 6.07) is 19.1. The first-order chi connectivity index (χ1) is 9.40. The number of aromatic nitrogens is 2. The molecule has 0 spiro atoms. The van der Waals surface area contributed by atoms with Gasteiger partial charge in [-0.1, -0.05) is 42.5 Å². The molecule has 0 saturated carbocycles. The Bertz CT molecular complexity index is 819. The summed E-state index contributed by atoms with van der Waals surface area (Å²) in [6.45, 7) is 0. The number of hydrogen-bond donors (Lipinski definition) is 2. The van der Waals surface area contributed by atoms with Crippen LogP contribution < -0.4 is 0 Å². The van der Waals surface area contributed by atoms with E-state index in [0.717, 1.165) is 6.42 Å². The number of rotatable bonds is 2. The molecule has 0 aliphatic carbocycles. The lowest BCUT2D eigenvalue weighted by molar-refractivity contribution is 1.07. The van der Waals surface area contributed by atoms with Gasteiger partial charge in [0, 0.05) is 34.9 Å². The summed E-state index contributed by atoms with van der Waals surface area (Å²) in [5, 5.41) is 3.85. The predicted molar refractivity (Wildman–Crippen MR) is 79.4 cm³/mol. The molecule has 4 aromatic rings. The molecule has 4 rings (SSSR count). The van der Waals surface area contributed by atoms with Crippen molar-refractivity contribution in [2.24, 2.45) is 0 Å². The molecule has 92 valence electrons. The average Bonchev–Trinajstić information content (AvgIpc) is 3.03. The van der Waals surface area contributed by atoms with Gasteiger partial charge in [-0.25, -0.2) is 0 Å². The molecule has 2 heterocycles. The molecule has 0 fully saturated rings. The molecule has 0 aliphatic rings. The van der Waals surface area contributed by atoms with Crippen LogP contribution in [0.15, 0.2) is 60.8 Å². The van der Waals surface area contributed by atoms with Gasteiger partial charge in [-0.15, -0.1) is 0 Å². The standard InChI is InChI=1S/C17H14N2/c1-3-7-15-13(6-1)11-18-17(15)10-14-9-12-5-2-4-8-16(12)19-14/h1-9,11,18-19H,10H2. The summed E-state index contributed by atoms with van der Waals surface area (Å²) in [7, 11) is 0. The fourth-order valence-corrected chi connectivity index (χ4v) is 2.71. The van der Waals surface area contributed by atoms with Crippen molar-refractivity contribution < 1.29 is 0 Å². The molecular formula is C17H14N2. The van der Waals surface area contributed by atoms with Gasteiger partial charge in [-0.3, -0.25) is 0 Å². The number of para-hydroxylation sites is 1. The minimum absolute atomic E-state index is 0.905. The van der Waals surface area contributed by atoms with E-state index in [1.807, 2.05) is 0 Å². The molecular weight excluding hydrogens is 232 g/mol. The summed E-state index contributed by atoms with van der Waals surface area (Å²) in [5.41, 5.74) is 3.71. The fraction of sp³-hybridized carbons (Fsp3) is 0.0588. The Balaban J connectivity index is 1.78. The molecule has 0 unspecified atom stereocenters. The lowest BCUT2D eigenvalue weighted by atomic mass is 10.1. The SMILES string of the molecule is c1ccc2[nH]c(Cc3[nH]cc4ccccc34)cc2c1. The highest BCUT2D eigenvalue weighted by Gasteiger charge is 2.06. The normalized spacial score (nSPS) is 11.4. The quantitative estimate of drug-likeness (QED) is 0.530. The van der Waals surface area contributed by atoms with Crippen molar-refractivity contribution >= 4 is 21.7 Å². The molecule has 0 atom stereocenters. The third-order valence-corrected chi connectivity index (χ3v) is 3.64. The first kappa shape index (κ1) is 10.4. The Morgan fingerprint density at radius 1 is 0.842 bits per heavy atom. The van der Waals surface area contributed by atoms with Gasteiger partial charge in [0.05, 0.1) is 0 Å². The highest BCUT2D eigenvalue weighted by atomic mass is 14.7. The lowest BCUT2D eigenvalue weighted by Gasteiger charge is -1.97. The molecule has 19 heavy (non-hydrogen) atoms. The van der Waals surface area contributed by atoms with Crippen LogP contribution in [0.1, 0.15) is 11.4 Å². The van der Waals surface area contributed by atoms with E-state index < -0.39 is 0 Å². The Labute approximate surface area is 111 Å². The zero-order valence-corrected chi connectivity index (χ0v) is 10.5. The second kappa shape index (κ2) is 4.02. The van der Waals surface area contributed by atoms with Crippen LogP contribution in [0, 0.1) is 0 Å². The smallest absolute Gasteiger partial charge is 0.0456 e. The zero-order valence-electron chi connectivity index (χ0n) is 10.5. The summed E-state index contributed by atoms with van der Waals surface area (Å²) < 4.78 is 0. The van der Waals surface area contributed by atoms with Gasteiger partial charge < -0.3 is 9.97 Å². The maximum absolute atomic E-state index is 3.48. The first-order valence-corrected chi connectivity index (χ1v) is 6.52. The van der Waals surface area contributed by atoms with E-state index in [2.05, 4.69) is 70.8 Å². The summed E-state index contributed by atoms with van der Waals surface area (Å²) in [6.07, 6.45) is 2.98. The predicted octanol–water partition coefficient (Wildman–Crippen LogP) is 4.24. The lowest BCUT2D eigenvalue weighted by Crippen LogP contribution is -1.88. The van der Waals surface area contributed by atoms with Crippen molar-refractivity contribution in [1.82, 2.24) is 9.97 Å². The number of benzene rings is 2. The number of fused-ring (bicyclic) bond motifs is 2. The van der Waals surface area contributed by atoms with Crippen molar-refractivity contribution in [1.29, 1.82) is 0 Å². The largest absolute Gasteiger partial charge is 0.364 e. The second-order valence-corrected chi connectivity index (χ2v) is 4.91. The van der Waals surface area contributed by atoms with Gasteiger partial charge in [0.2, 0.25) is 0 Å².